The van der Waals surface area contributed by atoms with Gasteiger partial charge in [0.1, 0.15) is 6.20 Å². The maximum atomic E-state index is 10.2. The summed E-state index contributed by atoms with van der Waals surface area (Å²) in [6, 6.07) is 0. The Morgan fingerprint density at radius 2 is 2.70 bits per heavy atom. The van der Waals surface area contributed by atoms with E-state index in [9.17, 15) is 10.1 Å². The normalized spacial score (nSPS) is 15.5. The van der Waals surface area contributed by atoms with Gasteiger partial charge in [-0.1, -0.05) is 0 Å². The quantitative estimate of drug-likeness (QED) is 0.429. The van der Waals surface area contributed by atoms with Gasteiger partial charge in [0.2, 0.25) is 5.82 Å². The molecule has 1 rings (SSSR count). The maximum Gasteiger partial charge on any atom is 0.381 e. The topological polar surface area (TPSA) is 61.0 Å². The van der Waals surface area contributed by atoms with Crippen LogP contribution in [0.25, 0.3) is 0 Å². The molecule has 1 aromatic rings. The number of imidazole rings is 1. The number of aromatic nitrogens is 2. The SMILES string of the molecule is [2H]C([2H])([2H])n1cc([N+](=O)[O-])nc1C. The Balaban J connectivity index is 3.18. The number of aryl methyl sites for hydroxylation is 2. The van der Waals surface area contributed by atoms with Crippen molar-refractivity contribution in [2.75, 3.05) is 0 Å². The van der Waals surface area contributed by atoms with E-state index in [1.165, 1.54) is 6.92 Å². The van der Waals surface area contributed by atoms with Crippen molar-refractivity contribution in [1.29, 1.82) is 0 Å². The molecule has 0 bridgehead atoms. The van der Waals surface area contributed by atoms with Crippen LogP contribution < -0.4 is 0 Å². The Bertz CT molecular complexity index is 343. The number of rotatable bonds is 1. The summed E-state index contributed by atoms with van der Waals surface area (Å²) in [4.78, 5) is 13.0. The fourth-order valence-electron chi connectivity index (χ4n) is 0.545. The minimum Gasteiger partial charge on any atom is -0.358 e. The average Bonchev–Trinajstić information content (AvgIpc) is 2.29. The monoisotopic (exact) mass is 144 g/mol. The Hall–Kier alpha value is -1.39. The molecule has 0 saturated heterocycles. The molecule has 0 spiro atoms. The first-order valence-corrected chi connectivity index (χ1v) is 2.53. The molecule has 1 aromatic heterocycles. The summed E-state index contributed by atoms with van der Waals surface area (Å²) in [6.45, 7) is -1.01. The molecule has 5 nitrogen and oxygen atoms in total. The third-order valence-corrected chi connectivity index (χ3v) is 1.06. The molecule has 0 aliphatic carbocycles. The van der Waals surface area contributed by atoms with E-state index >= 15 is 0 Å². The number of hydrogen-bond acceptors (Lipinski definition) is 3. The molecule has 0 fully saturated rings. The zero-order valence-electron chi connectivity index (χ0n) is 8.24. The molecule has 0 atom stereocenters. The maximum absolute atomic E-state index is 10.2. The van der Waals surface area contributed by atoms with Crippen LogP contribution >= 0.6 is 0 Å². The van der Waals surface area contributed by atoms with E-state index in [4.69, 9.17) is 4.11 Å². The summed E-state index contributed by atoms with van der Waals surface area (Å²) in [5.74, 6) is -0.347. The van der Waals surface area contributed by atoms with Crippen molar-refractivity contribution in [3.05, 3.63) is 22.1 Å². The van der Waals surface area contributed by atoms with Gasteiger partial charge in [0.15, 0.2) is 0 Å². The summed E-state index contributed by atoms with van der Waals surface area (Å²) in [6.07, 6.45) is 0.905. The Kier molecular flexibility index (Phi) is 0.774. The van der Waals surface area contributed by atoms with Crippen molar-refractivity contribution in [2.45, 2.75) is 6.92 Å². The van der Waals surface area contributed by atoms with Gasteiger partial charge in [0.25, 0.3) is 0 Å². The molecule has 0 unspecified atom stereocenters. The van der Waals surface area contributed by atoms with Crippen molar-refractivity contribution in [1.82, 2.24) is 9.55 Å². The molecule has 0 saturated carbocycles. The smallest absolute Gasteiger partial charge is 0.358 e. The van der Waals surface area contributed by atoms with Gasteiger partial charge in [-0.15, -0.1) is 0 Å². The highest BCUT2D eigenvalue weighted by Crippen LogP contribution is 2.07. The van der Waals surface area contributed by atoms with Crippen molar-refractivity contribution in [3.8, 4) is 0 Å². The van der Waals surface area contributed by atoms with E-state index in [1.807, 2.05) is 0 Å². The second-order valence-corrected chi connectivity index (χ2v) is 1.77. The van der Waals surface area contributed by atoms with Gasteiger partial charge in [-0.2, -0.15) is 0 Å². The standard InChI is InChI=1S/C5H7N3O2/c1-4-6-5(8(9)10)3-7(4)2/h3H,1-2H3/i2D3. The van der Waals surface area contributed by atoms with Gasteiger partial charge in [-0.25, -0.2) is 0 Å². The molecule has 0 aromatic carbocycles. The molecule has 0 radical (unpaired) electrons. The van der Waals surface area contributed by atoms with Crippen molar-refractivity contribution in [2.24, 2.45) is 6.98 Å². The van der Waals surface area contributed by atoms with Crippen LogP contribution in [0.5, 0.6) is 0 Å². The average molecular weight is 144 g/mol. The lowest BCUT2D eigenvalue weighted by atomic mass is 10.7. The van der Waals surface area contributed by atoms with Crippen LogP contribution in [0.15, 0.2) is 6.20 Å². The molecule has 54 valence electrons. The third-order valence-electron chi connectivity index (χ3n) is 1.06. The van der Waals surface area contributed by atoms with E-state index in [2.05, 4.69) is 4.98 Å². The van der Waals surface area contributed by atoms with Gasteiger partial charge in [0, 0.05) is 18.0 Å². The molecular formula is C5H7N3O2. The number of nitrogens with zero attached hydrogens (tertiary/aromatic N) is 3. The van der Waals surface area contributed by atoms with E-state index in [0.29, 0.717) is 0 Å². The van der Waals surface area contributed by atoms with Crippen LogP contribution in [0.2, 0.25) is 0 Å². The first kappa shape index (κ1) is 3.70. The van der Waals surface area contributed by atoms with E-state index in [-0.39, 0.29) is 5.82 Å². The summed E-state index contributed by atoms with van der Waals surface area (Å²) >= 11 is 0. The van der Waals surface area contributed by atoms with Crippen LogP contribution in [0, 0.1) is 17.0 Å². The fraction of sp³-hybridized carbons (Fsp3) is 0.400. The number of nitro groups is 1. The summed E-state index contributed by atoms with van der Waals surface area (Å²) in [7, 11) is 0. The van der Waals surface area contributed by atoms with Gasteiger partial charge < -0.3 is 14.7 Å². The molecule has 5 heteroatoms. The van der Waals surface area contributed by atoms with Crippen molar-refractivity contribution in [3.63, 3.8) is 0 Å². The third kappa shape index (κ3) is 0.975. The Morgan fingerprint density at radius 1 is 2.00 bits per heavy atom. The summed E-state index contributed by atoms with van der Waals surface area (Å²) in [5, 5.41) is 10.2. The predicted molar refractivity (Wildman–Crippen MR) is 34.6 cm³/mol. The first-order valence-electron chi connectivity index (χ1n) is 4.03. The van der Waals surface area contributed by atoms with Crippen LogP contribution in [0.1, 0.15) is 9.94 Å². The zero-order chi connectivity index (χ0) is 10.2. The van der Waals surface area contributed by atoms with Crippen LogP contribution in [0.3, 0.4) is 0 Å². The van der Waals surface area contributed by atoms with Gasteiger partial charge >= 0.3 is 5.82 Å². The number of hydrogen-bond donors (Lipinski definition) is 0. The van der Waals surface area contributed by atoms with Crippen molar-refractivity contribution < 1.29 is 9.04 Å². The van der Waals surface area contributed by atoms with Gasteiger partial charge in [0.05, 0.1) is 0 Å². The molecule has 0 aliphatic heterocycles. The lowest BCUT2D eigenvalue weighted by Crippen LogP contribution is -1.86. The summed E-state index contributed by atoms with van der Waals surface area (Å²) < 4.78 is 21.8. The van der Waals surface area contributed by atoms with Gasteiger partial charge in [-0.3, -0.25) is 0 Å². The highest BCUT2D eigenvalue weighted by atomic mass is 16.6. The molecule has 0 N–H and O–H groups in total. The van der Waals surface area contributed by atoms with Crippen LogP contribution in [-0.2, 0) is 6.98 Å². The van der Waals surface area contributed by atoms with Gasteiger partial charge in [-0.05, 0) is 9.91 Å². The van der Waals surface area contributed by atoms with E-state index < -0.39 is 17.7 Å². The molecule has 0 amide bonds. The van der Waals surface area contributed by atoms with Crippen LogP contribution in [-0.4, -0.2) is 14.5 Å². The molecule has 10 heavy (non-hydrogen) atoms. The van der Waals surface area contributed by atoms with E-state index in [1.54, 1.807) is 0 Å². The first-order chi connectivity index (χ1) is 5.82. The Labute approximate surface area is 61.7 Å². The largest absolute Gasteiger partial charge is 0.381 e. The molecule has 0 aliphatic rings. The minimum absolute atomic E-state index is 0.103. The second-order valence-electron chi connectivity index (χ2n) is 1.77. The van der Waals surface area contributed by atoms with Crippen molar-refractivity contribution >= 4 is 5.82 Å². The zero-order valence-corrected chi connectivity index (χ0v) is 5.24. The van der Waals surface area contributed by atoms with E-state index in [0.717, 1.165) is 10.8 Å². The fourth-order valence-corrected chi connectivity index (χ4v) is 0.545. The molecular weight excluding hydrogens is 134 g/mol. The minimum atomic E-state index is -2.41. The van der Waals surface area contributed by atoms with Crippen LogP contribution in [0.4, 0.5) is 5.82 Å². The highest BCUT2D eigenvalue weighted by Gasteiger charge is 2.11. The molecule has 1 heterocycles. The lowest BCUT2D eigenvalue weighted by molar-refractivity contribution is -0.389. The lowest BCUT2D eigenvalue weighted by Gasteiger charge is -1.83. The highest BCUT2D eigenvalue weighted by molar-refractivity contribution is 5.15. The Morgan fingerprint density at radius 3 is 3.00 bits per heavy atom. The predicted octanol–water partition coefficient (Wildman–Crippen LogP) is 0.637. The second kappa shape index (κ2) is 2.09. The summed E-state index contributed by atoms with van der Waals surface area (Å²) in [5.41, 5.74) is 0.